The van der Waals surface area contributed by atoms with Gasteiger partial charge in [-0.15, -0.1) is 0 Å². The fourth-order valence-corrected chi connectivity index (χ4v) is 5.00. The first-order chi connectivity index (χ1) is 17.1. The van der Waals surface area contributed by atoms with Gasteiger partial charge < -0.3 is 4.90 Å². The number of anilines is 1. The summed E-state index contributed by atoms with van der Waals surface area (Å²) in [4.78, 5) is 28.1. The summed E-state index contributed by atoms with van der Waals surface area (Å²) in [6, 6.07) is 16.1. The van der Waals surface area contributed by atoms with Gasteiger partial charge >= 0.3 is 6.18 Å². The fraction of sp³-hybridized carbons (Fsp3) is 0.370. The summed E-state index contributed by atoms with van der Waals surface area (Å²) in [6.07, 6.45) is -2.26. The summed E-state index contributed by atoms with van der Waals surface area (Å²) >= 11 is 6.12. The van der Waals surface area contributed by atoms with E-state index in [0.29, 0.717) is 35.7 Å². The normalized spacial score (nSPS) is 14.2. The van der Waals surface area contributed by atoms with Gasteiger partial charge in [0.05, 0.1) is 6.54 Å². The lowest BCUT2D eigenvalue weighted by atomic mass is 9.92. The van der Waals surface area contributed by atoms with Crippen LogP contribution in [0.2, 0.25) is 5.02 Å². The number of alkyl halides is 3. The first-order valence-corrected chi connectivity index (χ1v) is 12.3. The number of rotatable bonds is 8. The van der Waals surface area contributed by atoms with E-state index in [1.54, 1.807) is 37.4 Å². The maximum absolute atomic E-state index is 13.5. The van der Waals surface area contributed by atoms with Gasteiger partial charge in [-0.1, -0.05) is 41.9 Å². The van der Waals surface area contributed by atoms with Crippen LogP contribution in [-0.2, 0) is 41.6 Å². The molecule has 190 valence electrons. The van der Waals surface area contributed by atoms with Gasteiger partial charge in [-0.2, -0.15) is 18.3 Å². The molecule has 0 spiro atoms. The molecule has 0 N–H and O–H groups in total. The summed E-state index contributed by atoms with van der Waals surface area (Å²) < 4.78 is 41.8. The molecule has 3 aromatic rings. The lowest BCUT2D eigenvalue weighted by molar-refractivity contribution is -0.142. The Morgan fingerprint density at radius 3 is 2.50 bits per heavy atom. The average Bonchev–Trinajstić information content (AvgIpc) is 3.22. The summed E-state index contributed by atoms with van der Waals surface area (Å²) in [5.41, 5.74) is 1.24. The van der Waals surface area contributed by atoms with Crippen LogP contribution >= 0.6 is 11.6 Å². The van der Waals surface area contributed by atoms with Crippen molar-refractivity contribution in [3.8, 4) is 0 Å². The van der Waals surface area contributed by atoms with E-state index in [0.717, 1.165) is 12.0 Å². The van der Waals surface area contributed by atoms with Gasteiger partial charge in [0.15, 0.2) is 11.5 Å². The van der Waals surface area contributed by atoms with Crippen LogP contribution in [-0.4, -0.2) is 28.5 Å². The van der Waals surface area contributed by atoms with Crippen molar-refractivity contribution in [2.45, 2.75) is 51.2 Å². The van der Waals surface area contributed by atoms with Crippen molar-refractivity contribution in [1.82, 2.24) is 9.78 Å². The number of fused-ring (bicyclic) bond motifs is 1. The summed E-state index contributed by atoms with van der Waals surface area (Å²) in [6.45, 7) is -0.299. The highest BCUT2D eigenvalue weighted by Gasteiger charge is 2.39. The smallest absolute Gasteiger partial charge is 0.315 e. The van der Waals surface area contributed by atoms with E-state index >= 15 is 0 Å². The molecule has 0 bridgehead atoms. The highest BCUT2D eigenvalue weighted by molar-refractivity contribution is 6.30. The third-order valence-corrected chi connectivity index (χ3v) is 6.76. The highest BCUT2D eigenvalue weighted by Crippen LogP contribution is 2.36. The lowest BCUT2D eigenvalue weighted by Crippen LogP contribution is -2.35. The molecule has 1 atom stereocenters. The fourth-order valence-electron chi connectivity index (χ4n) is 4.78. The molecule has 5 nitrogen and oxygen atoms in total. The lowest BCUT2D eigenvalue weighted by Gasteiger charge is -2.24. The number of Topliss-reactive ketones (excluding diaryl/α,β-unsaturated/α-hetero) is 1. The molecule has 0 saturated heterocycles. The molecule has 0 radical (unpaired) electrons. The zero-order valence-electron chi connectivity index (χ0n) is 19.9. The van der Waals surface area contributed by atoms with E-state index in [1.165, 1.54) is 9.58 Å². The van der Waals surface area contributed by atoms with Crippen LogP contribution in [0.1, 0.15) is 41.8 Å². The second-order valence-electron chi connectivity index (χ2n) is 9.14. The Bertz CT molecular complexity index is 1240. The summed E-state index contributed by atoms with van der Waals surface area (Å²) in [5, 5.41) is 4.31. The molecule has 1 aliphatic carbocycles. The maximum atomic E-state index is 13.5. The van der Waals surface area contributed by atoms with E-state index in [4.69, 9.17) is 11.6 Å². The first-order valence-electron chi connectivity index (χ1n) is 11.9. The molecule has 0 saturated carbocycles. The van der Waals surface area contributed by atoms with Crippen molar-refractivity contribution in [3.63, 3.8) is 0 Å². The number of nitrogens with zero attached hydrogens (tertiary/aromatic N) is 3. The second-order valence-corrected chi connectivity index (χ2v) is 9.58. The SMILES string of the molecule is CN(C(=O)[C@@H](CC(=O)Cn1nc(C(F)(F)F)c2c1CCCC2)Cc1cccc(Cl)c1)c1ccccc1. The zero-order valence-corrected chi connectivity index (χ0v) is 20.6. The Labute approximate surface area is 212 Å². The molecule has 4 rings (SSSR count). The van der Waals surface area contributed by atoms with Crippen LogP contribution in [0.15, 0.2) is 54.6 Å². The van der Waals surface area contributed by atoms with Crippen LogP contribution in [0.5, 0.6) is 0 Å². The topological polar surface area (TPSA) is 55.2 Å². The monoisotopic (exact) mass is 517 g/mol. The first kappa shape index (κ1) is 25.9. The van der Waals surface area contributed by atoms with Crippen molar-refractivity contribution < 1.29 is 22.8 Å². The second kappa shape index (κ2) is 10.9. The third-order valence-electron chi connectivity index (χ3n) is 6.52. The van der Waals surface area contributed by atoms with Crippen molar-refractivity contribution >= 4 is 29.0 Å². The molecule has 1 heterocycles. The zero-order chi connectivity index (χ0) is 25.9. The molecular weight excluding hydrogens is 491 g/mol. The van der Waals surface area contributed by atoms with E-state index in [2.05, 4.69) is 5.10 Å². The van der Waals surface area contributed by atoms with Gasteiger partial charge in [0.25, 0.3) is 0 Å². The molecule has 0 aliphatic heterocycles. The largest absolute Gasteiger partial charge is 0.435 e. The van der Waals surface area contributed by atoms with Crippen molar-refractivity contribution in [2.24, 2.45) is 5.92 Å². The Hall–Kier alpha value is -3.13. The van der Waals surface area contributed by atoms with Crippen LogP contribution in [0.25, 0.3) is 0 Å². The quantitative estimate of drug-likeness (QED) is 0.373. The maximum Gasteiger partial charge on any atom is 0.435 e. The Balaban J connectivity index is 1.57. The van der Waals surface area contributed by atoms with Gasteiger partial charge in [0.1, 0.15) is 0 Å². The Morgan fingerprint density at radius 2 is 1.81 bits per heavy atom. The van der Waals surface area contributed by atoms with Crippen LogP contribution in [0.3, 0.4) is 0 Å². The van der Waals surface area contributed by atoms with Gasteiger partial charge in [-0.05, 0) is 61.9 Å². The molecule has 36 heavy (non-hydrogen) atoms. The summed E-state index contributed by atoms with van der Waals surface area (Å²) in [5.74, 6) is -1.32. The minimum Gasteiger partial charge on any atom is -0.315 e. The van der Waals surface area contributed by atoms with E-state index in [-0.39, 0.29) is 36.6 Å². The van der Waals surface area contributed by atoms with Crippen LogP contribution in [0.4, 0.5) is 18.9 Å². The molecule has 0 unspecified atom stereocenters. The Morgan fingerprint density at radius 1 is 1.08 bits per heavy atom. The number of hydrogen-bond acceptors (Lipinski definition) is 3. The number of benzene rings is 2. The molecule has 1 aliphatic rings. The molecule has 2 aromatic carbocycles. The average molecular weight is 518 g/mol. The molecule has 9 heteroatoms. The van der Waals surface area contributed by atoms with E-state index < -0.39 is 17.8 Å². The number of aromatic nitrogens is 2. The molecule has 1 aromatic heterocycles. The molecule has 1 amide bonds. The van der Waals surface area contributed by atoms with Gasteiger partial charge in [-0.3, -0.25) is 14.3 Å². The minimum atomic E-state index is -4.57. The number of ketones is 1. The van der Waals surface area contributed by atoms with Gasteiger partial charge in [-0.25, -0.2) is 0 Å². The van der Waals surface area contributed by atoms with Crippen molar-refractivity contribution in [1.29, 1.82) is 0 Å². The van der Waals surface area contributed by atoms with E-state index in [1.807, 2.05) is 24.3 Å². The van der Waals surface area contributed by atoms with Crippen molar-refractivity contribution in [2.75, 3.05) is 11.9 Å². The number of para-hydroxylation sites is 1. The number of carbonyl (C=O) groups is 2. The predicted molar refractivity (Wildman–Crippen MR) is 132 cm³/mol. The minimum absolute atomic E-state index is 0.126. The number of hydrogen-bond donors (Lipinski definition) is 0. The predicted octanol–water partition coefficient (Wildman–Crippen LogP) is 5.92. The van der Waals surface area contributed by atoms with Gasteiger partial charge in [0.2, 0.25) is 5.91 Å². The molecular formula is C27H27ClF3N3O2. The standard InChI is InChI=1S/C27H27ClF3N3O2/c1-33(21-10-3-2-4-11-21)26(36)19(14-18-8-7-9-20(28)15-18)16-22(35)17-34-24-13-6-5-12-23(24)25(32-34)27(29,30)31/h2-4,7-11,15,19H,5-6,12-14,16-17H2,1H3/t19-/m1/s1. The Kier molecular flexibility index (Phi) is 7.83. The number of carbonyl (C=O) groups excluding carboxylic acids is 2. The van der Waals surface area contributed by atoms with Crippen LogP contribution < -0.4 is 4.90 Å². The third kappa shape index (κ3) is 5.98. The van der Waals surface area contributed by atoms with E-state index in [9.17, 15) is 22.8 Å². The molecule has 0 fully saturated rings. The van der Waals surface area contributed by atoms with Crippen LogP contribution in [0, 0.1) is 5.92 Å². The van der Waals surface area contributed by atoms with Crippen molar-refractivity contribution in [3.05, 3.63) is 82.1 Å². The summed E-state index contributed by atoms with van der Waals surface area (Å²) in [7, 11) is 1.65. The number of halogens is 4. The number of amides is 1. The highest BCUT2D eigenvalue weighted by atomic mass is 35.5. The van der Waals surface area contributed by atoms with Gasteiger partial charge in [0, 0.05) is 41.4 Å².